The molecule has 2 atom stereocenters. The maximum atomic E-state index is 13.1. The van der Waals surface area contributed by atoms with E-state index in [9.17, 15) is 9.59 Å². The molecule has 2 unspecified atom stereocenters. The predicted octanol–water partition coefficient (Wildman–Crippen LogP) is 3.22. The van der Waals surface area contributed by atoms with Crippen LogP contribution in [0.15, 0.2) is 24.3 Å². The van der Waals surface area contributed by atoms with E-state index in [4.69, 9.17) is 5.73 Å². The van der Waals surface area contributed by atoms with Crippen LogP contribution >= 0.6 is 12.4 Å². The molecular formula is C22H37ClN4O2. The summed E-state index contributed by atoms with van der Waals surface area (Å²) in [4.78, 5) is 27.4. The molecule has 4 N–H and O–H groups in total. The minimum Gasteiger partial charge on any atom is -0.340 e. The lowest BCUT2D eigenvalue weighted by Gasteiger charge is -2.43. The fourth-order valence-electron chi connectivity index (χ4n) is 3.57. The first-order chi connectivity index (χ1) is 13.1. The Kier molecular flexibility index (Phi) is 9.43. The second kappa shape index (κ2) is 10.8. The topological polar surface area (TPSA) is 87.5 Å². The van der Waals surface area contributed by atoms with E-state index < -0.39 is 6.04 Å². The van der Waals surface area contributed by atoms with Crippen molar-refractivity contribution < 1.29 is 9.59 Å². The number of hydrogen-bond donors (Lipinski definition) is 3. The van der Waals surface area contributed by atoms with Crippen LogP contribution in [0.4, 0.5) is 4.79 Å². The van der Waals surface area contributed by atoms with Crippen molar-refractivity contribution in [2.45, 2.75) is 66.1 Å². The lowest BCUT2D eigenvalue weighted by atomic mass is 9.79. The Morgan fingerprint density at radius 3 is 2.41 bits per heavy atom. The average Bonchev–Trinajstić information content (AvgIpc) is 2.62. The van der Waals surface area contributed by atoms with Gasteiger partial charge >= 0.3 is 6.03 Å². The van der Waals surface area contributed by atoms with Crippen molar-refractivity contribution in [1.29, 1.82) is 0 Å². The number of piperidine rings is 1. The number of aryl methyl sites for hydroxylation is 1. The molecule has 29 heavy (non-hydrogen) atoms. The molecule has 1 fully saturated rings. The lowest BCUT2D eigenvalue weighted by Crippen LogP contribution is -2.58. The van der Waals surface area contributed by atoms with Crippen molar-refractivity contribution in [1.82, 2.24) is 15.5 Å². The second-order valence-corrected chi connectivity index (χ2v) is 9.14. The van der Waals surface area contributed by atoms with Gasteiger partial charge in [0.25, 0.3) is 0 Å². The zero-order chi connectivity index (χ0) is 20.9. The first kappa shape index (κ1) is 25.2. The van der Waals surface area contributed by atoms with E-state index in [1.807, 2.05) is 36.1 Å². The molecule has 1 aromatic rings. The maximum Gasteiger partial charge on any atom is 0.315 e. The summed E-state index contributed by atoms with van der Waals surface area (Å²) in [6.45, 7) is 12.0. The molecule has 0 aromatic heterocycles. The fraction of sp³-hybridized carbons (Fsp3) is 0.636. The van der Waals surface area contributed by atoms with Crippen LogP contribution in [0.5, 0.6) is 0 Å². The lowest BCUT2D eigenvalue weighted by molar-refractivity contribution is -0.137. The van der Waals surface area contributed by atoms with Gasteiger partial charge in [0.15, 0.2) is 0 Å². The van der Waals surface area contributed by atoms with E-state index in [0.717, 1.165) is 12.0 Å². The van der Waals surface area contributed by atoms with E-state index in [1.54, 1.807) is 0 Å². The largest absolute Gasteiger partial charge is 0.340 e. The molecule has 0 bridgehead atoms. The molecule has 7 heteroatoms. The normalized spacial score (nSPS) is 19.3. The highest BCUT2D eigenvalue weighted by molar-refractivity contribution is 5.87. The number of halogens is 1. The summed E-state index contributed by atoms with van der Waals surface area (Å²) in [7, 11) is 0. The van der Waals surface area contributed by atoms with Crippen LogP contribution in [0.1, 0.15) is 51.7 Å². The molecule has 164 valence electrons. The van der Waals surface area contributed by atoms with Gasteiger partial charge in [0.2, 0.25) is 5.91 Å². The Balaban J connectivity index is 0.00000420. The van der Waals surface area contributed by atoms with Crippen LogP contribution in [0.2, 0.25) is 0 Å². The molecule has 6 nitrogen and oxygen atoms in total. The van der Waals surface area contributed by atoms with Crippen molar-refractivity contribution in [2.24, 2.45) is 17.1 Å². The Labute approximate surface area is 181 Å². The third-order valence-corrected chi connectivity index (χ3v) is 5.51. The minimum atomic E-state index is -0.525. The first-order valence-corrected chi connectivity index (χ1v) is 10.2. The van der Waals surface area contributed by atoms with Crippen LogP contribution in [0.3, 0.4) is 0 Å². The summed E-state index contributed by atoms with van der Waals surface area (Å²) >= 11 is 0. The molecule has 1 aliphatic heterocycles. The highest BCUT2D eigenvalue weighted by Crippen LogP contribution is 2.28. The number of likely N-dealkylation sites (tertiary alicyclic amines) is 1. The Hall–Kier alpha value is -1.79. The van der Waals surface area contributed by atoms with Crippen molar-refractivity contribution >= 4 is 24.3 Å². The smallest absolute Gasteiger partial charge is 0.315 e. The number of rotatable bonds is 6. The van der Waals surface area contributed by atoms with Gasteiger partial charge in [-0.25, -0.2) is 4.79 Å². The molecular weight excluding hydrogens is 388 g/mol. The maximum absolute atomic E-state index is 13.1. The van der Waals surface area contributed by atoms with Crippen LogP contribution < -0.4 is 16.4 Å². The van der Waals surface area contributed by atoms with E-state index in [0.29, 0.717) is 32.0 Å². The standard InChI is InChI=1S/C22H36N4O2.ClH/c1-15(2)12-18(20(27)26-11-10-19(23)22(4,5)14-26)25-21(28)24-13-17-8-6-16(3)7-9-17;/h6-9,15,18-19H,10-14,23H2,1-5H3,(H2,24,25,28);1H. The number of nitrogens with two attached hydrogens (primary N) is 1. The number of carbonyl (C=O) groups is 2. The predicted molar refractivity (Wildman–Crippen MR) is 120 cm³/mol. The average molecular weight is 425 g/mol. The first-order valence-electron chi connectivity index (χ1n) is 10.2. The molecule has 1 aromatic carbocycles. The van der Waals surface area contributed by atoms with Gasteiger partial charge in [-0.3, -0.25) is 4.79 Å². The molecule has 1 heterocycles. The van der Waals surface area contributed by atoms with E-state index in [1.165, 1.54) is 5.56 Å². The Morgan fingerprint density at radius 1 is 1.24 bits per heavy atom. The van der Waals surface area contributed by atoms with E-state index in [-0.39, 0.29) is 35.8 Å². The van der Waals surface area contributed by atoms with Crippen molar-refractivity contribution in [3.05, 3.63) is 35.4 Å². The molecule has 0 aliphatic carbocycles. The monoisotopic (exact) mass is 424 g/mol. The van der Waals surface area contributed by atoms with Crippen LogP contribution in [0, 0.1) is 18.3 Å². The van der Waals surface area contributed by atoms with Crippen LogP contribution in [0.25, 0.3) is 0 Å². The van der Waals surface area contributed by atoms with E-state index >= 15 is 0 Å². The van der Waals surface area contributed by atoms with Crippen molar-refractivity contribution in [2.75, 3.05) is 13.1 Å². The molecule has 0 saturated carbocycles. The zero-order valence-electron chi connectivity index (χ0n) is 18.3. The van der Waals surface area contributed by atoms with Gasteiger partial charge in [-0.05, 0) is 36.7 Å². The van der Waals surface area contributed by atoms with Gasteiger partial charge in [-0.15, -0.1) is 12.4 Å². The zero-order valence-corrected chi connectivity index (χ0v) is 19.1. The highest BCUT2D eigenvalue weighted by atomic mass is 35.5. The van der Waals surface area contributed by atoms with Gasteiger partial charge in [-0.2, -0.15) is 0 Å². The number of urea groups is 1. The number of hydrogen-bond acceptors (Lipinski definition) is 3. The van der Waals surface area contributed by atoms with E-state index in [2.05, 4.69) is 38.3 Å². The molecule has 1 saturated heterocycles. The summed E-state index contributed by atoms with van der Waals surface area (Å²) in [5, 5.41) is 5.76. The van der Waals surface area contributed by atoms with Crippen molar-refractivity contribution in [3.63, 3.8) is 0 Å². The third-order valence-electron chi connectivity index (χ3n) is 5.51. The highest BCUT2D eigenvalue weighted by Gasteiger charge is 2.37. The number of amides is 3. The second-order valence-electron chi connectivity index (χ2n) is 9.14. The molecule has 3 amide bonds. The van der Waals surface area contributed by atoms with Gasteiger partial charge < -0.3 is 21.3 Å². The molecule has 1 aliphatic rings. The molecule has 0 radical (unpaired) electrons. The van der Waals surface area contributed by atoms with Crippen molar-refractivity contribution in [3.8, 4) is 0 Å². The summed E-state index contributed by atoms with van der Waals surface area (Å²) < 4.78 is 0. The Morgan fingerprint density at radius 2 is 1.86 bits per heavy atom. The molecule has 0 spiro atoms. The third kappa shape index (κ3) is 7.52. The molecule has 2 rings (SSSR count). The number of nitrogens with one attached hydrogen (secondary N) is 2. The number of nitrogens with zero attached hydrogens (tertiary/aromatic N) is 1. The SMILES string of the molecule is Cc1ccc(CNC(=O)NC(CC(C)C)C(=O)N2CCC(N)C(C)(C)C2)cc1.Cl. The fourth-order valence-corrected chi connectivity index (χ4v) is 3.57. The summed E-state index contributed by atoms with van der Waals surface area (Å²) in [6, 6.07) is 7.27. The summed E-state index contributed by atoms with van der Waals surface area (Å²) in [5.41, 5.74) is 8.29. The van der Waals surface area contributed by atoms with Gasteiger partial charge in [0, 0.05) is 25.7 Å². The van der Waals surface area contributed by atoms with Gasteiger partial charge in [0.1, 0.15) is 6.04 Å². The Bertz CT molecular complexity index is 676. The van der Waals surface area contributed by atoms with Gasteiger partial charge in [-0.1, -0.05) is 57.5 Å². The minimum absolute atomic E-state index is 0. The van der Waals surface area contributed by atoms with Gasteiger partial charge in [0.05, 0.1) is 0 Å². The van der Waals surface area contributed by atoms with Crippen LogP contribution in [-0.4, -0.2) is 42.0 Å². The summed E-state index contributed by atoms with van der Waals surface area (Å²) in [5.74, 6) is 0.283. The number of carbonyl (C=O) groups excluding carboxylic acids is 2. The van der Waals surface area contributed by atoms with Crippen LogP contribution in [-0.2, 0) is 11.3 Å². The summed E-state index contributed by atoms with van der Waals surface area (Å²) in [6.07, 6.45) is 1.40. The quantitative estimate of drug-likeness (QED) is 0.655. The number of benzene rings is 1.